The van der Waals surface area contributed by atoms with Crippen LogP contribution < -0.4 is 21.3 Å². The first-order valence-electron chi connectivity index (χ1n) is 6.25. The number of nitrogens with one attached hydrogen (secondary N) is 2. The summed E-state index contributed by atoms with van der Waals surface area (Å²) in [7, 11) is 0. The van der Waals surface area contributed by atoms with Gasteiger partial charge in [-0.25, -0.2) is 5.84 Å². The molecule has 0 aliphatic carbocycles. The highest BCUT2D eigenvalue weighted by atomic mass is 16.5. The fraction of sp³-hybridized carbons (Fsp3) is 0.333. The van der Waals surface area contributed by atoms with Gasteiger partial charge in [-0.05, 0) is 31.5 Å². The van der Waals surface area contributed by atoms with Gasteiger partial charge in [-0.2, -0.15) is 15.0 Å². The van der Waals surface area contributed by atoms with Crippen LogP contribution >= 0.6 is 0 Å². The van der Waals surface area contributed by atoms with Gasteiger partial charge in [0, 0.05) is 12.4 Å². The molecule has 0 fully saturated rings. The minimum absolute atomic E-state index is 0.0144. The third-order valence-electron chi connectivity index (χ3n) is 2.57. The molecule has 0 aliphatic heterocycles. The number of hydrazine groups is 1. The largest absolute Gasteiger partial charge is 0.464 e. The van der Waals surface area contributed by atoms with Crippen LogP contribution in [0.3, 0.4) is 0 Å². The van der Waals surface area contributed by atoms with Gasteiger partial charge in [0.2, 0.25) is 11.9 Å². The van der Waals surface area contributed by atoms with Gasteiger partial charge in [0.1, 0.15) is 0 Å². The Morgan fingerprint density at radius 2 is 1.90 bits per heavy atom. The Morgan fingerprint density at radius 1 is 1.20 bits per heavy atom. The lowest BCUT2D eigenvalue weighted by Crippen LogP contribution is -2.16. The summed E-state index contributed by atoms with van der Waals surface area (Å²) in [6.07, 6.45) is 3.47. The number of ether oxygens (including phenoxy) is 1. The molecule has 8 heteroatoms. The van der Waals surface area contributed by atoms with Gasteiger partial charge >= 0.3 is 6.01 Å². The Balaban J connectivity index is 2.17. The third kappa shape index (κ3) is 3.51. The number of nitrogens with two attached hydrogens (primary N) is 1. The molecule has 0 amide bonds. The van der Waals surface area contributed by atoms with E-state index in [4.69, 9.17) is 10.6 Å². The highest BCUT2D eigenvalue weighted by Crippen LogP contribution is 2.18. The van der Waals surface area contributed by atoms with Gasteiger partial charge in [0.05, 0.1) is 12.6 Å². The zero-order valence-corrected chi connectivity index (χ0v) is 11.4. The SMILES string of the molecule is CCOc1nc(NN)nc(NC(C)c2ccncc2)n1. The first-order chi connectivity index (χ1) is 9.72. The summed E-state index contributed by atoms with van der Waals surface area (Å²) >= 11 is 0. The van der Waals surface area contributed by atoms with Crippen LogP contribution in [0, 0.1) is 0 Å². The van der Waals surface area contributed by atoms with Crippen molar-refractivity contribution >= 4 is 11.9 Å². The van der Waals surface area contributed by atoms with Crippen molar-refractivity contribution in [2.24, 2.45) is 5.84 Å². The molecule has 0 spiro atoms. The maximum absolute atomic E-state index is 5.33. The summed E-state index contributed by atoms with van der Waals surface area (Å²) in [5.74, 6) is 5.96. The van der Waals surface area contributed by atoms with E-state index in [2.05, 4.69) is 30.7 Å². The smallest absolute Gasteiger partial charge is 0.323 e. The van der Waals surface area contributed by atoms with E-state index in [9.17, 15) is 0 Å². The van der Waals surface area contributed by atoms with Crippen LogP contribution in [-0.4, -0.2) is 26.5 Å². The summed E-state index contributed by atoms with van der Waals surface area (Å²) in [4.78, 5) is 16.3. The van der Waals surface area contributed by atoms with Crippen LogP contribution in [0.25, 0.3) is 0 Å². The topological polar surface area (TPSA) is 111 Å². The number of hydrogen-bond donors (Lipinski definition) is 3. The highest BCUT2D eigenvalue weighted by Gasteiger charge is 2.10. The molecule has 0 aliphatic rings. The Kier molecular flexibility index (Phi) is 4.61. The number of nitrogen functional groups attached to an aromatic ring is 1. The highest BCUT2D eigenvalue weighted by molar-refractivity contribution is 5.37. The quantitative estimate of drug-likeness (QED) is 0.531. The fourth-order valence-electron chi connectivity index (χ4n) is 1.61. The second-order valence-corrected chi connectivity index (χ2v) is 3.99. The lowest BCUT2D eigenvalue weighted by molar-refractivity contribution is 0.312. The van der Waals surface area contributed by atoms with E-state index in [1.807, 2.05) is 26.0 Å². The van der Waals surface area contributed by atoms with Crippen LogP contribution in [0.5, 0.6) is 6.01 Å². The summed E-state index contributed by atoms with van der Waals surface area (Å²) in [5, 5.41) is 3.17. The van der Waals surface area contributed by atoms with Crippen molar-refractivity contribution in [1.82, 2.24) is 19.9 Å². The monoisotopic (exact) mass is 275 g/mol. The van der Waals surface area contributed by atoms with E-state index in [1.54, 1.807) is 12.4 Å². The molecule has 4 N–H and O–H groups in total. The van der Waals surface area contributed by atoms with E-state index in [-0.39, 0.29) is 18.0 Å². The molecule has 8 nitrogen and oxygen atoms in total. The minimum atomic E-state index is 0.0144. The predicted octanol–water partition coefficient (Wildman–Crippen LogP) is 1.12. The van der Waals surface area contributed by atoms with Crippen LogP contribution in [0.2, 0.25) is 0 Å². The summed E-state index contributed by atoms with van der Waals surface area (Å²) in [6.45, 7) is 4.31. The molecule has 0 saturated carbocycles. The van der Waals surface area contributed by atoms with E-state index in [0.29, 0.717) is 12.6 Å². The molecule has 2 rings (SSSR count). The van der Waals surface area contributed by atoms with Gasteiger partial charge < -0.3 is 10.1 Å². The fourth-order valence-corrected chi connectivity index (χ4v) is 1.61. The van der Waals surface area contributed by atoms with Crippen molar-refractivity contribution in [3.05, 3.63) is 30.1 Å². The number of aromatic nitrogens is 4. The van der Waals surface area contributed by atoms with Crippen LogP contribution in [0.1, 0.15) is 25.5 Å². The average Bonchev–Trinajstić information content (AvgIpc) is 2.48. The van der Waals surface area contributed by atoms with Gasteiger partial charge in [-0.1, -0.05) is 0 Å². The van der Waals surface area contributed by atoms with Crippen molar-refractivity contribution in [2.75, 3.05) is 17.3 Å². The average molecular weight is 275 g/mol. The molecule has 0 aromatic carbocycles. The summed E-state index contributed by atoms with van der Waals surface area (Å²) in [6, 6.07) is 4.08. The molecule has 1 atom stereocenters. The first-order valence-corrected chi connectivity index (χ1v) is 6.25. The predicted molar refractivity (Wildman–Crippen MR) is 75.1 cm³/mol. The van der Waals surface area contributed by atoms with Crippen LogP contribution in [0.15, 0.2) is 24.5 Å². The van der Waals surface area contributed by atoms with E-state index < -0.39 is 0 Å². The zero-order valence-electron chi connectivity index (χ0n) is 11.4. The lowest BCUT2D eigenvalue weighted by Gasteiger charge is -2.14. The number of rotatable bonds is 6. The summed E-state index contributed by atoms with van der Waals surface area (Å²) in [5.41, 5.74) is 3.46. The van der Waals surface area contributed by atoms with Crippen molar-refractivity contribution in [3.8, 4) is 6.01 Å². The number of hydrogen-bond acceptors (Lipinski definition) is 8. The molecule has 2 aromatic heterocycles. The molecule has 0 radical (unpaired) electrons. The van der Waals surface area contributed by atoms with E-state index in [1.165, 1.54) is 0 Å². The Labute approximate surface area is 116 Å². The Bertz CT molecular complexity index is 549. The second kappa shape index (κ2) is 6.62. The van der Waals surface area contributed by atoms with Crippen molar-refractivity contribution in [2.45, 2.75) is 19.9 Å². The van der Waals surface area contributed by atoms with Gasteiger partial charge in [0.15, 0.2) is 0 Å². The molecular formula is C12H17N7O. The molecule has 106 valence electrons. The molecule has 0 saturated heterocycles. The zero-order chi connectivity index (χ0) is 14.4. The second-order valence-electron chi connectivity index (χ2n) is 3.99. The summed E-state index contributed by atoms with van der Waals surface area (Å²) < 4.78 is 5.27. The van der Waals surface area contributed by atoms with E-state index in [0.717, 1.165) is 5.56 Å². The maximum atomic E-state index is 5.33. The van der Waals surface area contributed by atoms with Crippen molar-refractivity contribution in [1.29, 1.82) is 0 Å². The molecule has 2 heterocycles. The molecule has 0 bridgehead atoms. The van der Waals surface area contributed by atoms with Gasteiger partial charge in [0.25, 0.3) is 0 Å². The standard InChI is InChI=1S/C12H17N7O/c1-3-20-12-17-10(16-11(18-12)19-13)15-8(2)9-4-6-14-7-5-9/h4-8H,3,13H2,1-2H3,(H2,15,16,17,18,19). The van der Waals surface area contributed by atoms with Crippen molar-refractivity contribution in [3.63, 3.8) is 0 Å². The Hall–Kier alpha value is -2.48. The van der Waals surface area contributed by atoms with E-state index >= 15 is 0 Å². The first kappa shape index (κ1) is 13.9. The number of nitrogens with zero attached hydrogens (tertiary/aromatic N) is 4. The van der Waals surface area contributed by atoms with Crippen LogP contribution in [0.4, 0.5) is 11.9 Å². The van der Waals surface area contributed by atoms with Gasteiger partial charge in [-0.3, -0.25) is 10.4 Å². The minimum Gasteiger partial charge on any atom is -0.464 e. The number of pyridine rings is 1. The Morgan fingerprint density at radius 3 is 2.55 bits per heavy atom. The number of anilines is 2. The molecule has 2 aromatic rings. The molecule has 20 heavy (non-hydrogen) atoms. The normalized spacial score (nSPS) is 11.8. The van der Waals surface area contributed by atoms with Crippen molar-refractivity contribution < 1.29 is 4.74 Å². The molecule has 1 unspecified atom stereocenters. The van der Waals surface area contributed by atoms with Crippen LogP contribution in [-0.2, 0) is 0 Å². The van der Waals surface area contributed by atoms with Gasteiger partial charge in [-0.15, -0.1) is 0 Å². The lowest BCUT2D eigenvalue weighted by atomic mass is 10.1. The molecular weight excluding hydrogens is 258 g/mol. The maximum Gasteiger partial charge on any atom is 0.323 e. The third-order valence-corrected chi connectivity index (χ3v) is 2.57.